The Bertz CT molecular complexity index is 761. The maximum atomic E-state index is 11.6. The van der Waals surface area contributed by atoms with E-state index in [0.717, 1.165) is 37.4 Å². The fraction of sp³-hybridized carbons (Fsp3) is 0.333. The standard InChI is InChI=1S/C18H19N5O/c1-13(24)14-4-5-15(12-19)17(11-14)23-9-6-16(7-10-23)21-18-3-2-8-20-22-18/h2-5,8,11,16H,6-7,9-10H2,1H3,(H,21,22). The number of benzene rings is 1. The molecule has 24 heavy (non-hydrogen) atoms. The summed E-state index contributed by atoms with van der Waals surface area (Å²) in [6, 6.07) is 11.6. The number of Topliss-reactive ketones (excluding diaryl/α,β-unsaturated/α-hetero) is 1. The first-order chi connectivity index (χ1) is 11.7. The van der Waals surface area contributed by atoms with E-state index in [1.165, 1.54) is 0 Å². The molecule has 122 valence electrons. The molecule has 0 aliphatic carbocycles. The Hall–Kier alpha value is -2.94. The molecule has 1 saturated heterocycles. The van der Waals surface area contributed by atoms with Crippen molar-refractivity contribution in [3.63, 3.8) is 0 Å². The van der Waals surface area contributed by atoms with Crippen molar-refractivity contribution in [2.45, 2.75) is 25.8 Å². The van der Waals surface area contributed by atoms with Crippen molar-refractivity contribution in [3.05, 3.63) is 47.7 Å². The predicted octanol–water partition coefficient (Wildman–Crippen LogP) is 2.63. The van der Waals surface area contributed by atoms with Crippen molar-refractivity contribution in [2.24, 2.45) is 0 Å². The lowest BCUT2D eigenvalue weighted by molar-refractivity contribution is 0.101. The van der Waals surface area contributed by atoms with E-state index in [1.54, 1.807) is 25.3 Å². The molecule has 1 aromatic heterocycles. The topological polar surface area (TPSA) is 81.9 Å². The first-order valence-electron chi connectivity index (χ1n) is 8.01. The number of anilines is 2. The number of hydrogen-bond acceptors (Lipinski definition) is 6. The minimum atomic E-state index is 0.0138. The van der Waals surface area contributed by atoms with Crippen LogP contribution in [-0.2, 0) is 0 Å². The van der Waals surface area contributed by atoms with Gasteiger partial charge < -0.3 is 10.2 Å². The van der Waals surface area contributed by atoms with Crippen molar-refractivity contribution in [3.8, 4) is 6.07 Å². The number of nitrogens with one attached hydrogen (secondary N) is 1. The smallest absolute Gasteiger partial charge is 0.159 e. The molecule has 2 aromatic rings. The van der Waals surface area contributed by atoms with Crippen molar-refractivity contribution < 1.29 is 4.79 Å². The molecule has 0 saturated carbocycles. The van der Waals surface area contributed by atoms with Gasteiger partial charge in [-0.25, -0.2) is 0 Å². The summed E-state index contributed by atoms with van der Waals surface area (Å²) in [6.07, 6.45) is 3.52. The van der Waals surface area contributed by atoms with Crippen molar-refractivity contribution in [2.75, 3.05) is 23.3 Å². The van der Waals surface area contributed by atoms with Gasteiger partial charge in [0.15, 0.2) is 5.78 Å². The Morgan fingerprint density at radius 1 is 1.33 bits per heavy atom. The molecule has 1 N–H and O–H groups in total. The summed E-state index contributed by atoms with van der Waals surface area (Å²) < 4.78 is 0. The quantitative estimate of drug-likeness (QED) is 0.872. The summed E-state index contributed by atoms with van der Waals surface area (Å²) in [5.41, 5.74) is 2.10. The highest BCUT2D eigenvalue weighted by Gasteiger charge is 2.22. The minimum absolute atomic E-state index is 0.0138. The van der Waals surface area contributed by atoms with Gasteiger partial charge in [-0.3, -0.25) is 4.79 Å². The molecule has 0 amide bonds. The number of nitrogens with zero attached hydrogens (tertiary/aromatic N) is 4. The van der Waals surface area contributed by atoms with Gasteiger partial charge in [-0.05, 0) is 50.1 Å². The number of nitriles is 1. The molecule has 6 nitrogen and oxygen atoms in total. The van der Waals surface area contributed by atoms with E-state index in [-0.39, 0.29) is 5.78 Å². The zero-order valence-electron chi connectivity index (χ0n) is 13.6. The molecule has 0 atom stereocenters. The fourth-order valence-corrected chi connectivity index (χ4v) is 2.96. The number of ketones is 1. The van der Waals surface area contributed by atoms with Gasteiger partial charge in [-0.2, -0.15) is 10.4 Å². The van der Waals surface area contributed by atoms with Crippen LogP contribution in [0.2, 0.25) is 0 Å². The Kier molecular flexibility index (Phi) is 4.71. The summed E-state index contributed by atoms with van der Waals surface area (Å²) in [7, 11) is 0. The third kappa shape index (κ3) is 3.51. The van der Waals surface area contributed by atoms with Crippen LogP contribution in [0, 0.1) is 11.3 Å². The van der Waals surface area contributed by atoms with Gasteiger partial charge in [0, 0.05) is 30.9 Å². The molecule has 1 aliphatic heterocycles. The van der Waals surface area contributed by atoms with Crippen LogP contribution in [0.5, 0.6) is 0 Å². The van der Waals surface area contributed by atoms with Gasteiger partial charge in [0.2, 0.25) is 0 Å². The highest BCUT2D eigenvalue weighted by Crippen LogP contribution is 2.26. The van der Waals surface area contributed by atoms with Crippen LogP contribution in [0.4, 0.5) is 11.5 Å². The van der Waals surface area contributed by atoms with Crippen LogP contribution >= 0.6 is 0 Å². The highest BCUT2D eigenvalue weighted by atomic mass is 16.1. The molecule has 1 aliphatic rings. The zero-order chi connectivity index (χ0) is 16.9. The average Bonchev–Trinajstić information content (AvgIpc) is 2.62. The van der Waals surface area contributed by atoms with Crippen LogP contribution in [0.25, 0.3) is 0 Å². The molecule has 2 heterocycles. The highest BCUT2D eigenvalue weighted by molar-refractivity contribution is 5.95. The van der Waals surface area contributed by atoms with Gasteiger partial charge in [0.05, 0.1) is 11.3 Å². The SMILES string of the molecule is CC(=O)c1ccc(C#N)c(N2CCC(Nc3cccnn3)CC2)c1. The number of carbonyl (C=O) groups is 1. The van der Waals surface area contributed by atoms with Crippen LogP contribution < -0.4 is 10.2 Å². The second-order valence-corrected chi connectivity index (χ2v) is 5.91. The largest absolute Gasteiger partial charge is 0.370 e. The van der Waals surface area contributed by atoms with Crippen molar-refractivity contribution in [1.29, 1.82) is 5.26 Å². The summed E-state index contributed by atoms with van der Waals surface area (Å²) in [6.45, 7) is 3.20. The lowest BCUT2D eigenvalue weighted by atomic mass is 10.0. The van der Waals surface area contributed by atoms with Crippen LogP contribution in [0.15, 0.2) is 36.5 Å². The van der Waals surface area contributed by atoms with Gasteiger partial charge in [-0.15, -0.1) is 5.10 Å². The lowest BCUT2D eigenvalue weighted by Crippen LogP contribution is -2.39. The zero-order valence-corrected chi connectivity index (χ0v) is 13.6. The van der Waals surface area contributed by atoms with Crippen LogP contribution in [-0.4, -0.2) is 35.1 Å². The van der Waals surface area contributed by atoms with E-state index >= 15 is 0 Å². The minimum Gasteiger partial charge on any atom is -0.370 e. The van der Waals surface area contributed by atoms with E-state index in [1.807, 2.05) is 18.2 Å². The molecule has 0 unspecified atom stereocenters. The Balaban J connectivity index is 1.69. The number of carbonyl (C=O) groups excluding carboxylic acids is 1. The second kappa shape index (κ2) is 7.09. The summed E-state index contributed by atoms with van der Waals surface area (Å²) in [5, 5.41) is 20.7. The van der Waals surface area contributed by atoms with Crippen molar-refractivity contribution in [1.82, 2.24) is 10.2 Å². The Morgan fingerprint density at radius 3 is 2.75 bits per heavy atom. The lowest BCUT2D eigenvalue weighted by Gasteiger charge is -2.34. The van der Waals surface area contributed by atoms with Gasteiger partial charge in [0.1, 0.15) is 11.9 Å². The summed E-state index contributed by atoms with van der Waals surface area (Å²) in [5.74, 6) is 0.798. The van der Waals surface area contributed by atoms with E-state index in [9.17, 15) is 10.1 Å². The van der Waals surface area contributed by atoms with E-state index in [0.29, 0.717) is 17.2 Å². The first kappa shape index (κ1) is 15.9. The first-order valence-corrected chi connectivity index (χ1v) is 8.01. The van der Waals surface area contributed by atoms with E-state index in [4.69, 9.17) is 0 Å². The fourth-order valence-electron chi connectivity index (χ4n) is 2.96. The van der Waals surface area contributed by atoms with E-state index < -0.39 is 0 Å². The Morgan fingerprint density at radius 2 is 2.12 bits per heavy atom. The Labute approximate surface area is 141 Å². The molecule has 1 fully saturated rings. The number of hydrogen-bond donors (Lipinski definition) is 1. The molecule has 6 heteroatoms. The molecule has 3 rings (SSSR count). The third-order valence-electron chi connectivity index (χ3n) is 4.28. The number of rotatable bonds is 4. The van der Waals surface area contributed by atoms with Gasteiger partial charge >= 0.3 is 0 Å². The molecule has 1 aromatic carbocycles. The van der Waals surface area contributed by atoms with E-state index in [2.05, 4.69) is 26.5 Å². The van der Waals surface area contributed by atoms with Gasteiger partial charge in [0.25, 0.3) is 0 Å². The summed E-state index contributed by atoms with van der Waals surface area (Å²) in [4.78, 5) is 13.8. The molecule has 0 radical (unpaired) electrons. The third-order valence-corrected chi connectivity index (χ3v) is 4.28. The maximum Gasteiger partial charge on any atom is 0.159 e. The van der Waals surface area contributed by atoms with Crippen molar-refractivity contribution >= 4 is 17.3 Å². The molecule has 0 spiro atoms. The number of aromatic nitrogens is 2. The predicted molar refractivity (Wildman–Crippen MR) is 92.1 cm³/mol. The number of piperidine rings is 1. The van der Waals surface area contributed by atoms with Crippen LogP contribution in [0.1, 0.15) is 35.7 Å². The monoisotopic (exact) mass is 321 g/mol. The molecular formula is C18H19N5O. The van der Waals surface area contributed by atoms with Crippen LogP contribution in [0.3, 0.4) is 0 Å². The second-order valence-electron chi connectivity index (χ2n) is 5.91. The molecular weight excluding hydrogens is 302 g/mol. The normalized spacial score (nSPS) is 14.9. The summed E-state index contributed by atoms with van der Waals surface area (Å²) >= 11 is 0. The van der Waals surface area contributed by atoms with Gasteiger partial charge in [-0.1, -0.05) is 0 Å². The maximum absolute atomic E-state index is 11.6. The average molecular weight is 321 g/mol. The molecule has 0 bridgehead atoms.